The van der Waals surface area contributed by atoms with E-state index >= 15 is 0 Å². The largest absolute Gasteiger partial charge is 0.479 e. The number of aliphatic carboxylic acids is 1. The van der Waals surface area contributed by atoms with Crippen molar-refractivity contribution in [3.63, 3.8) is 0 Å². The lowest BCUT2D eigenvalue weighted by atomic mass is 10.5. The van der Waals surface area contributed by atoms with E-state index in [1.807, 2.05) is 0 Å². The maximum absolute atomic E-state index is 10.6. The number of carbonyl (C=O) groups is 5. The van der Waals surface area contributed by atoms with Crippen LogP contribution in [0.4, 0.5) is 0 Å². The molecule has 0 aliphatic rings. The average Bonchev–Trinajstić information content (AvgIpc) is 2.21. The van der Waals surface area contributed by atoms with Crippen LogP contribution in [0.5, 0.6) is 0 Å². The topological polar surface area (TPSA) is 133 Å². The molecule has 0 spiro atoms. The van der Waals surface area contributed by atoms with E-state index in [1.165, 1.54) is 0 Å². The van der Waals surface area contributed by atoms with Crippen LogP contribution in [-0.4, -0.2) is 41.4 Å². The van der Waals surface area contributed by atoms with E-state index in [-0.39, 0.29) is 0 Å². The summed E-state index contributed by atoms with van der Waals surface area (Å²) in [6.45, 7) is -0.201. The molecule has 1 N–H and O–H groups in total. The molecule has 9 heteroatoms. The Morgan fingerprint density at radius 3 is 1.88 bits per heavy atom. The van der Waals surface area contributed by atoms with Gasteiger partial charge < -0.3 is 9.84 Å². The number of carboxylic acids is 1. The Morgan fingerprint density at radius 1 is 0.938 bits per heavy atom. The average molecular weight is 234 g/mol. The molecule has 0 aromatic rings. The molecular formula is C7H6O9. The Labute approximate surface area is 87.8 Å². The van der Waals surface area contributed by atoms with Gasteiger partial charge in [-0.05, 0) is 0 Å². The Balaban J connectivity index is 3.98. The van der Waals surface area contributed by atoms with Crippen molar-refractivity contribution in [1.82, 2.24) is 0 Å². The summed E-state index contributed by atoms with van der Waals surface area (Å²) < 4.78 is 3.87. The van der Waals surface area contributed by atoms with Crippen LogP contribution < -0.4 is 0 Å². The molecular weight excluding hydrogens is 228 g/mol. The lowest BCUT2D eigenvalue weighted by molar-refractivity contribution is -0.257. The molecule has 0 atom stereocenters. The van der Waals surface area contributed by atoms with Gasteiger partial charge in [-0.2, -0.15) is 0 Å². The van der Waals surface area contributed by atoms with Gasteiger partial charge in [0.05, 0.1) is 0 Å². The first-order valence-corrected chi connectivity index (χ1v) is 3.67. The third-order valence-electron chi connectivity index (χ3n) is 0.974. The van der Waals surface area contributed by atoms with Gasteiger partial charge in [0.1, 0.15) is 0 Å². The van der Waals surface area contributed by atoms with E-state index in [2.05, 4.69) is 14.5 Å². The minimum absolute atomic E-state index is 0.846. The third kappa shape index (κ3) is 5.32. The number of rotatable bonds is 3. The molecule has 0 radical (unpaired) electrons. The van der Waals surface area contributed by atoms with Gasteiger partial charge in [-0.3, -0.25) is 4.79 Å². The minimum atomic E-state index is -1.75. The summed E-state index contributed by atoms with van der Waals surface area (Å²) in [5, 5.41) is 8.08. The van der Waals surface area contributed by atoms with Crippen molar-refractivity contribution in [3.05, 3.63) is 0 Å². The first kappa shape index (κ1) is 13.5. The maximum Gasteiger partial charge on any atom is 0.462 e. The smallest absolute Gasteiger partial charge is 0.462 e. The van der Waals surface area contributed by atoms with Crippen LogP contribution in [-0.2, 0) is 38.5 Å². The predicted molar refractivity (Wildman–Crippen MR) is 41.5 cm³/mol. The van der Waals surface area contributed by atoms with Crippen molar-refractivity contribution in [2.24, 2.45) is 0 Å². The second-order valence-corrected chi connectivity index (χ2v) is 2.27. The van der Waals surface area contributed by atoms with E-state index < -0.39 is 36.3 Å². The predicted octanol–water partition coefficient (Wildman–Crippen LogP) is -1.80. The fourth-order valence-electron chi connectivity index (χ4n) is 0.355. The normalized spacial score (nSPS) is 8.81. The highest BCUT2D eigenvalue weighted by Gasteiger charge is 2.23. The molecule has 0 fully saturated rings. The molecule has 0 heterocycles. The van der Waals surface area contributed by atoms with Gasteiger partial charge in [-0.25, -0.2) is 29.0 Å². The Bertz CT molecular complexity index is 342. The van der Waals surface area contributed by atoms with Crippen molar-refractivity contribution < 1.29 is 43.6 Å². The summed E-state index contributed by atoms with van der Waals surface area (Å²) in [6.07, 6.45) is 0. The van der Waals surface area contributed by atoms with Crippen LogP contribution in [0.3, 0.4) is 0 Å². The van der Waals surface area contributed by atoms with Crippen molar-refractivity contribution in [3.8, 4) is 0 Å². The lowest BCUT2D eigenvalue weighted by Crippen LogP contribution is -2.25. The van der Waals surface area contributed by atoms with Crippen molar-refractivity contribution in [2.75, 3.05) is 6.61 Å². The summed E-state index contributed by atoms with van der Waals surface area (Å²) in [5.74, 6) is -7.44. The fourth-order valence-corrected chi connectivity index (χ4v) is 0.355. The monoisotopic (exact) mass is 234 g/mol. The first-order valence-electron chi connectivity index (χ1n) is 3.67. The second kappa shape index (κ2) is 6.11. The van der Waals surface area contributed by atoms with Crippen molar-refractivity contribution in [1.29, 1.82) is 0 Å². The van der Waals surface area contributed by atoms with E-state index in [4.69, 9.17) is 5.11 Å². The van der Waals surface area contributed by atoms with Crippen LogP contribution in [0.15, 0.2) is 0 Å². The molecule has 0 bridgehead atoms. The van der Waals surface area contributed by atoms with E-state index in [1.54, 1.807) is 0 Å². The summed E-state index contributed by atoms with van der Waals surface area (Å²) in [5.41, 5.74) is 0. The molecule has 9 nitrogen and oxygen atoms in total. The SMILES string of the molecule is CC(=O)C(=O)OOC(=O)C(=O)OCC(=O)O. The third-order valence-corrected chi connectivity index (χ3v) is 0.974. The number of carboxylic acid groups (broad SMARTS) is 1. The molecule has 0 amide bonds. The van der Waals surface area contributed by atoms with Crippen LogP contribution in [0, 0.1) is 0 Å². The molecule has 0 unspecified atom stereocenters. The maximum atomic E-state index is 10.6. The van der Waals surface area contributed by atoms with Gasteiger partial charge in [0.2, 0.25) is 5.78 Å². The number of Topliss-reactive ketones (excluding diaryl/α,β-unsaturated/α-hetero) is 1. The Hall–Kier alpha value is -2.45. The van der Waals surface area contributed by atoms with Gasteiger partial charge in [-0.1, -0.05) is 0 Å². The van der Waals surface area contributed by atoms with Gasteiger partial charge in [0.15, 0.2) is 6.61 Å². The quantitative estimate of drug-likeness (QED) is 0.260. The van der Waals surface area contributed by atoms with Crippen molar-refractivity contribution >= 4 is 29.7 Å². The zero-order valence-corrected chi connectivity index (χ0v) is 7.92. The highest BCUT2D eigenvalue weighted by atomic mass is 17.2. The molecule has 0 aliphatic heterocycles. The number of hydrogen-bond donors (Lipinski definition) is 1. The van der Waals surface area contributed by atoms with Crippen LogP contribution in [0.2, 0.25) is 0 Å². The zero-order chi connectivity index (χ0) is 12.7. The summed E-state index contributed by atoms with van der Waals surface area (Å²) in [4.78, 5) is 59.0. The number of ether oxygens (including phenoxy) is 1. The summed E-state index contributed by atoms with van der Waals surface area (Å²) in [6, 6.07) is 0. The molecule has 0 aromatic heterocycles. The molecule has 0 aromatic carbocycles. The standard InChI is InChI=1S/C7H6O9/c1-3(8)5(11)15-16-7(13)6(12)14-2-4(9)10/h2H2,1H3,(H,9,10). The van der Waals surface area contributed by atoms with E-state index in [0.717, 1.165) is 6.92 Å². The molecule has 0 saturated heterocycles. The molecule has 88 valence electrons. The van der Waals surface area contributed by atoms with Crippen LogP contribution in [0.25, 0.3) is 0 Å². The Kier molecular flexibility index (Phi) is 5.18. The van der Waals surface area contributed by atoms with Crippen LogP contribution in [0.1, 0.15) is 6.92 Å². The number of ketones is 1. The van der Waals surface area contributed by atoms with E-state index in [0.29, 0.717) is 0 Å². The van der Waals surface area contributed by atoms with Crippen molar-refractivity contribution in [2.45, 2.75) is 6.92 Å². The lowest BCUT2D eigenvalue weighted by Gasteiger charge is -2.00. The van der Waals surface area contributed by atoms with Gasteiger partial charge in [0, 0.05) is 6.92 Å². The second-order valence-electron chi connectivity index (χ2n) is 2.27. The number of carbonyl (C=O) groups excluding carboxylic acids is 4. The molecule has 0 saturated carbocycles. The number of hydrogen-bond acceptors (Lipinski definition) is 8. The highest BCUT2D eigenvalue weighted by molar-refractivity contribution is 6.33. The minimum Gasteiger partial charge on any atom is -0.479 e. The Morgan fingerprint density at radius 2 is 1.44 bits per heavy atom. The van der Waals surface area contributed by atoms with Gasteiger partial charge in [0.25, 0.3) is 0 Å². The first-order chi connectivity index (χ1) is 7.34. The zero-order valence-electron chi connectivity index (χ0n) is 7.92. The fraction of sp³-hybridized carbons (Fsp3) is 0.286. The molecule has 0 rings (SSSR count). The number of esters is 1. The van der Waals surface area contributed by atoms with Gasteiger partial charge in [-0.15, -0.1) is 0 Å². The van der Waals surface area contributed by atoms with Crippen LogP contribution >= 0.6 is 0 Å². The molecule has 0 aliphatic carbocycles. The molecule has 16 heavy (non-hydrogen) atoms. The summed E-state index contributed by atoms with van der Waals surface area (Å²) >= 11 is 0. The van der Waals surface area contributed by atoms with E-state index in [9.17, 15) is 24.0 Å². The van der Waals surface area contributed by atoms with Gasteiger partial charge >= 0.3 is 23.9 Å². The summed E-state index contributed by atoms with van der Waals surface area (Å²) in [7, 11) is 0. The highest BCUT2D eigenvalue weighted by Crippen LogP contribution is 1.88.